The van der Waals surface area contributed by atoms with Crippen LogP contribution in [0.25, 0.3) is 5.78 Å². The van der Waals surface area contributed by atoms with Gasteiger partial charge in [-0.3, -0.25) is 9.48 Å². The lowest BCUT2D eigenvalue weighted by atomic mass is 9.94. The molecule has 1 fully saturated rings. The highest BCUT2D eigenvalue weighted by Crippen LogP contribution is 2.33. The molecule has 0 spiro atoms. The summed E-state index contributed by atoms with van der Waals surface area (Å²) in [6.45, 7) is 1.40. The van der Waals surface area contributed by atoms with E-state index in [1.165, 1.54) is 0 Å². The van der Waals surface area contributed by atoms with Gasteiger partial charge in [-0.25, -0.2) is 4.98 Å². The largest absolute Gasteiger partial charge is 0.433 e. The number of carbonyl (C=O) groups is 1. The minimum atomic E-state index is -4.57. The van der Waals surface area contributed by atoms with Crippen LogP contribution in [0.15, 0.2) is 30.9 Å². The number of carbonyl (C=O) groups excluding carboxylic acids is 1. The standard InChI is InChI=1S/C17H18F3N7O/c18-17(19,20)14-9-13(24-16-21-11-23-27(14)16)12-3-1-6-25(10-12)15(28)4-8-26-7-2-5-22-26/h2,5,7,9,11-12H,1,3-4,6,8,10H2. The number of amides is 1. The van der Waals surface area contributed by atoms with E-state index < -0.39 is 11.9 Å². The lowest BCUT2D eigenvalue weighted by Gasteiger charge is -2.32. The highest BCUT2D eigenvalue weighted by atomic mass is 19.4. The quantitative estimate of drug-likeness (QED) is 0.678. The molecule has 0 saturated carbocycles. The molecule has 1 aliphatic heterocycles. The molecule has 1 atom stereocenters. The number of fused-ring (bicyclic) bond motifs is 1. The summed E-state index contributed by atoms with van der Waals surface area (Å²) < 4.78 is 42.5. The van der Waals surface area contributed by atoms with Crippen LogP contribution < -0.4 is 0 Å². The van der Waals surface area contributed by atoms with E-state index in [1.54, 1.807) is 28.0 Å². The topological polar surface area (TPSA) is 81.2 Å². The highest BCUT2D eigenvalue weighted by Gasteiger charge is 2.36. The Hall–Kier alpha value is -2.98. The van der Waals surface area contributed by atoms with Gasteiger partial charge in [0.1, 0.15) is 6.33 Å². The number of aryl methyl sites for hydroxylation is 1. The monoisotopic (exact) mass is 393 g/mol. The molecule has 1 saturated heterocycles. The fourth-order valence-electron chi connectivity index (χ4n) is 3.49. The van der Waals surface area contributed by atoms with Gasteiger partial charge >= 0.3 is 6.18 Å². The summed E-state index contributed by atoms with van der Waals surface area (Å²) in [6, 6.07) is 2.80. The Morgan fingerprint density at radius 1 is 1.29 bits per heavy atom. The second-order valence-corrected chi connectivity index (χ2v) is 6.73. The average Bonchev–Trinajstić information content (AvgIpc) is 3.36. The smallest absolute Gasteiger partial charge is 0.342 e. The van der Waals surface area contributed by atoms with Crippen molar-refractivity contribution >= 4 is 11.7 Å². The van der Waals surface area contributed by atoms with E-state index in [2.05, 4.69) is 20.2 Å². The van der Waals surface area contributed by atoms with Crippen molar-refractivity contribution in [3.05, 3.63) is 42.2 Å². The Balaban J connectivity index is 1.52. The van der Waals surface area contributed by atoms with Crippen molar-refractivity contribution < 1.29 is 18.0 Å². The average molecular weight is 393 g/mol. The second kappa shape index (κ2) is 7.21. The molecule has 4 rings (SSSR count). The minimum Gasteiger partial charge on any atom is -0.342 e. The molecular weight excluding hydrogens is 375 g/mol. The van der Waals surface area contributed by atoms with Crippen LogP contribution in [0.2, 0.25) is 0 Å². The van der Waals surface area contributed by atoms with Crippen LogP contribution in [0.1, 0.15) is 36.6 Å². The van der Waals surface area contributed by atoms with E-state index in [0.29, 0.717) is 43.4 Å². The minimum absolute atomic E-state index is 0.0419. The number of nitrogens with zero attached hydrogens (tertiary/aromatic N) is 7. The van der Waals surface area contributed by atoms with E-state index >= 15 is 0 Å². The van der Waals surface area contributed by atoms with Gasteiger partial charge in [0.2, 0.25) is 5.91 Å². The number of hydrogen-bond donors (Lipinski definition) is 0. The molecule has 148 valence electrons. The number of alkyl halides is 3. The van der Waals surface area contributed by atoms with E-state index in [9.17, 15) is 18.0 Å². The van der Waals surface area contributed by atoms with Gasteiger partial charge in [0.25, 0.3) is 5.78 Å². The van der Waals surface area contributed by atoms with Gasteiger partial charge in [-0.05, 0) is 25.0 Å². The zero-order chi connectivity index (χ0) is 19.7. The van der Waals surface area contributed by atoms with Gasteiger partial charge in [0, 0.05) is 44.4 Å². The lowest BCUT2D eigenvalue weighted by Crippen LogP contribution is -2.39. The van der Waals surface area contributed by atoms with Crippen LogP contribution in [0, 0.1) is 0 Å². The first-order chi connectivity index (χ1) is 13.4. The fraction of sp³-hybridized carbons (Fsp3) is 0.471. The molecule has 0 aromatic carbocycles. The molecule has 28 heavy (non-hydrogen) atoms. The summed E-state index contributed by atoms with van der Waals surface area (Å²) in [5.41, 5.74) is -0.621. The number of piperidine rings is 1. The van der Waals surface area contributed by atoms with E-state index in [1.807, 2.05) is 0 Å². The summed E-state index contributed by atoms with van der Waals surface area (Å²) in [5.74, 6) is -0.406. The van der Waals surface area contributed by atoms with Crippen LogP contribution in [-0.4, -0.2) is 53.3 Å². The SMILES string of the molecule is O=C(CCn1cccn1)N1CCCC(c2cc(C(F)(F)F)n3ncnc3n2)C1. The van der Waals surface area contributed by atoms with Gasteiger partial charge < -0.3 is 4.90 Å². The van der Waals surface area contributed by atoms with Crippen LogP contribution >= 0.6 is 0 Å². The first-order valence-corrected chi connectivity index (χ1v) is 8.95. The van der Waals surface area contributed by atoms with Crippen molar-refractivity contribution in [2.75, 3.05) is 13.1 Å². The van der Waals surface area contributed by atoms with Crippen LogP contribution in [0.4, 0.5) is 13.2 Å². The van der Waals surface area contributed by atoms with Crippen molar-refractivity contribution in [2.24, 2.45) is 0 Å². The fourth-order valence-corrected chi connectivity index (χ4v) is 3.49. The van der Waals surface area contributed by atoms with Gasteiger partial charge in [-0.2, -0.15) is 32.9 Å². The second-order valence-electron chi connectivity index (χ2n) is 6.73. The van der Waals surface area contributed by atoms with Crippen molar-refractivity contribution in [3.63, 3.8) is 0 Å². The molecule has 3 aromatic rings. The molecule has 8 nitrogen and oxygen atoms in total. The molecule has 3 aromatic heterocycles. The first-order valence-electron chi connectivity index (χ1n) is 8.95. The maximum absolute atomic E-state index is 13.4. The van der Waals surface area contributed by atoms with Crippen molar-refractivity contribution in [3.8, 4) is 0 Å². The molecule has 1 amide bonds. The molecule has 1 unspecified atom stereocenters. The predicted octanol–water partition coefficient (Wildman–Crippen LogP) is 2.14. The van der Waals surface area contributed by atoms with E-state index in [4.69, 9.17) is 0 Å². The predicted molar refractivity (Wildman–Crippen MR) is 91.2 cm³/mol. The summed E-state index contributed by atoms with van der Waals surface area (Å²) in [6.07, 6.45) is 1.56. The zero-order valence-corrected chi connectivity index (χ0v) is 14.9. The van der Waals surface area contributed by atoms with Crippen LogP contribution in [0.3, 0.4) is 0 Å². The van der Waals surface area contributed by atoms with Gasteiger partial charge in [0.15, 0.2) is 5.69 Å². The molecule has 0 aliphatic carbocycles. The number of rotatable bonds is 4. The van der Waals surface area contributed by atoms with E-state index in [0.717, 1.165) is 12.4 Å². The number of halogens is 3. The first kappa shape index (κ1) is 18.4. The van der Waals surface area contributed by atoms with Crippen molar-refractivity contribution in [2.45, 2.75) is 37.9 Å². The number of likely N-dealkylation sites (tertiary alicyclic amines) is 1. The Labute approximate surface area is 158 Å². The summed E-state index contributed by atoms with van der Waals surface area (Å²) in [4.78, 5) is 22.3. The maximum Gasteiger partial charge on any atom is 0.433 e. The lowest BCUT2D eigenvalue weighted by molar-refractivity contribution is -0.143. The highest BCUT2D eigenvalue weighted by molar-refractivity contribution is 5.76. The summed E-state index contributed by atoms with van der Waals surface area (Å²) in [7, 11) is 0. The van der Waals surface area contributed by atoms with E-state index in [-0.39, 0.29) is 23.3 Å². The number of aromatic nitrogens is 6. The third-order valence-corrected chi connectivity index (χ3v) is 4.87. The maximum atomic E-state index is 13.4. The molecule has 4 heterocycles. The zero-order valence-electron chi connectivity index (χ0n) is 14.9. The Morgan fingerprint density at radius 2 is 2.14 bits per heavy atom. The molecule has 0 N–H and O–H groups in total. The van der Waals surface area contributed by atoms with Crippen LogP contribution in [0.5, 0.6) is 0 Å². The third kappa shape index (κ3) is 3.69. The van der Waals surface area contributed by atoms with Gasteiger partial charge in [-0.1, -0.05) is 0 Å². The molecular formula is C17H18F3N7O. The molecule has 1 aliphatic rings. The Bertz CT molecular complexity index is 967. The van der Waals surface area contributed by atoms with Crippen molar-refractivity contribution in [1.82, 2.24) is 34.3 Å². The third-order valence-electron chi connectivity index (χ3n) is 4.87. The normalized spacial score (nSPS) is 18.0. The Kier molecular flexibility index (Phi) is 4.73. The van der Waals surface area contributed by atoms with Gasteiger partial charge in [0.05, 0.1) is 5.69 Å². The van der Waals surface area contributed by atoms with Crippen molar-refractivity contribution in [1.29, 1.82) is 0 Å². The van der Waals surface area contributed by atoms with Crippen LogP contribution in [-0.2, 0) is 17.5 Å². The Morgan fingerprint density at radius 3 is 2.89 bits per heavy atom. The van der Waals surface area contributed by atoms with Gasteiger partial charge in [-0.15, -0.1) is 0 Å². The summed E-state index contributed by atoms with van der Waals surface area (Å²) in [5, 5.41) is 7.68. The number of hydrogen-bond acceptors (Lipinski definition) is 5. The molecule has 0 bridgehead atoms. The summed E-state index contributed by atoms with van der Waals surface area (Å²) >= 11 is 0. The molecule has 0 radical (unpaired) electrons. The molecule has 11 heteroatoms.